The van der Waals surface area contributed by atoms with E-state index in [0.717, 1.165) is 25.2 Å². The summed E-state index contributed by atoms with van der Waals surface area (Å²) in [7, 11) is 0. The lowest BCUT2D eigenvalue weighted by atomic mass is 9.91. The Labute approximate surface area is 118 Å². The van der Waals surface area contributed by atoms with Crippen molar-refractivity contribution in [3.63, 3.8) is 0 Å². The Hall–Kier alpha value is -0.540. The van der Waals surface area contributed by atoms with Gasteiger partial charge in [0.1, 0.15) is 18.0 Å². The highest BCUT2D eigenvalue weighted by atomic mass is 79.9. The topological polar surface area (TPSA) is 18.5 Å². The molecule has 0 spiro atoms. The van der Waals surface area contributed by atoms with Crippen molar-refractivity contribution in [3.8, 4) is 5.75 Å². The Bertz CT molecular complexity index is 385. The maximum atomic E-state index is 6.04. The normalized spacial score (nSPS) is 26.8. The first kappa shape index (κ1) is 13.9. The molecule has 1 fully saturated rings. The Balaban J connectivity index is 1.96. The van der Waals surface area contributed by atoms with Crippen molar-refractivity contribution in [2.24, 2.45) is 0 Å². The number of hydrogen-bond donors (Lipinski definition) is 0. The molecule has 1 aromatic rings. The largest absolute Gasteiger partial charge is 0.488 e. The van der Waals surface area contributed by atoms with E-state index in [9.17, 15) is 0 Å². The number of benzene rings is 1. The van der Waals surface area contributed by atoms with Crippen molar-refractivity contribution in [1.82, 2.24) is 0 Å². The van der Waals surface area contributed by atoms with Gasteiger partial charge in [-0.05, 0) is 43.5 Å². The van der Waals surface area contributed by atoms with Gasteiger partial charge in [-0.3, -0.25) is 0 Å². The molecule has 0 bridgehead atoms. The van der Waals surface area contributed by atoms with Crippen LogP contribution in [0.3, 0.4) is 0 Å². The van der Waals surface area contributed by atoms with Crippen molar-refractivity contribution in [2.75, 3.05) is 6.61 Å². The summed E-state index contributed by atoms with van der Waals surface area (Å²) in [4.78, 5) is 0.431. The van der Waals surface area contributed by atoms with Gasteiger partial charge in [-0.2, -0.15) is 0 Å². The van der Waals surface area contributed by atoms with E-state index in [-0.39, 0.29) is 12.2 Å². The molecule has 100 valence electrons. The highest BCUT2D eigenvalue weighted by Gasteiger charge is 2.42. The van der Waals surface area contributed by atoms with Crippen LogP contribution in [0.15, 0.2) is 18.2 Å². The molecule has 0 aromatic heterocycles. The van der Waals surface area contributed by atoms with Crippen LogP contribution in [0.4, 0.5) is 0 Å². The van der Waals surface area contributed by atoms with Gasteiger partial charge in [0.25, 0.3) is 0 Å². The monoisotopic (exact) mass is 312 g/mol. The summed E-state index contributed by atoms with van der Waals surface area (Å²) >= 11 is 3.63. The van der Waals surface area contributed by atoms with E-state index in [0.29, 0.717) is 4.83 Å². The SMILES string of the molecule is CCCOC1C(Br)CC1Oc1cc(C)cc(C)c1. The van der Waals surface area contributed by atoms with Crippen LogP contribution in [-0.4, -0.2) is 23.6 Å². The summed E-state index contributed by atoms with van der Waals surface area (Å²) in [6.45, 7) is 7.12. The number of ether oxygens (including phenoxy) is 2. The highest BCUT2D eigenvalue weighted by Crippen LogP contribution is 2.34. The Morgan fingerprint density at radius 2 is 1.89 bits per heavy atom. The van der Waals surface area contributed by atoms with E-state index in [1.165, 1.54) is 11.1 Å². The lowest BCUT2D eigenvalue weighted by molar-refractivity contribution is -0.0762. The fourth-order valence-corrected chi connectivity index (χ4v) is 3.15. The molecule has 0 N–H and O–H groups in total. The second-order valence-electron chi connectivity index (χ2n) is 5.07. The zero-order valence-electron chi connectivity index (χ0n) is 11.3. The molecule has 18 heavy (non-hydrogen) atoms. The van der Waals surface area contributed by atoms with E-state index in [2.05, 4.69) is 54.9 Å². The Morgan fingerprint density at radius 3 is 2.44 bits per heavy atom. The fourth-order valence-electron chi connectivity index (χ4n) is 2.28. The van der Waals surface area contributed by atoms with E-state index in [1.54, 1.807) is 0 Å². The van der Waals surface area contributed by atoms with Gasteiger partial charge in [-0.1, -0.05) is 28.9 Å². The van der Waals surface area contributed by atoms with Crippen molar-refractivity contribution >= 4 is 15.9 Å². The predicted molar refractivity (Wildman–Crippen MR) is 77.7 cm³/mol. The first-order valence-corrected chi connectivity index (χ1v) is 7.52. The summed E-state index contributed by atoms with van der Waals surface area (Å²) in [5, 5.41) is 0. The van der Waals surface area contributed by atoms with Crippen LogP contribution in [0, 0.1) is 13.8 Å². The number of hydrogen-bond acceptors (Lipinski definition) is 2. The third-order valence-electron chi connectivity index (χ3n) is 3.18. The Kier molecular flexibility index (Phi) is 4.68. The van der Waals surface area contributed by atoms with Gasteiger partial charge in [0.15, 0.2) is 0 Å². The van der Waals surface area contributed by atoms with Crippen molar-refractivity contribution in [2.45, 2.75) is 50.6 Å². The zero-order chi connectivity index (χ0) is 13.1. The molecule has 1 saturated carbocycles. The summed E-state index contributed by atoms with van der Waals surface area (Å²) in [5.41, 5.74) is 2.48. The molecule has 3 unspecified atom stereocenters. The zero-order valence-corrected chi connectivity index (χ0v) is 12.9. The van der Waals surface area contributed by atoms with Crippen LogP contribution in [0.1, 0.15) is 30.9 Å². The third kappa shape index (κ3) is 3.27. The van der Waals surface area contributed by atoms with Crippen LogP contribution in [0.5, 0.6) is 5.75 Å². The fraction of sp³-hybridized carbons (Fsp3) is 0.600. The van der Waals surface area contributed by atoms with Gasteiger partial charge in [-0.25, -0.2) is 0 Å². The van der Waals surface area contributed by atoms with Crippen LogP contribution in [0.2, 0.25) is 0 Å². The molecule has 3 heteroatoms. The first-order chi connectivity index (χ1) is 8.60. The van der Waals surface area contributed by atoms with Gasteiger partial charge in [-0.15, -0.1) is 0 Å². The summed E-state index contributed by atoms with van der Waals surface area (Å²) in [6.07, 6.45) is 2.43. The van der Waals surface area contributed by atoms with Crippen molar-refractivity contribution in [3.05, 3.63) is 29.3 Å². The molecule has 0 radical (unpaired) electrons. The van der Waals surface area contributed by atoms with Gasteiger partial charge in [0.2, 0.25) is 0 Å². The lowest BCUT2D eigenvalue weighted by Gasteiger charge is -2.41. The van der Waals surface area contributed by atoms with E-state index in [4.69, 9.17) is 9.47 Å². The van der Waals surface area contributed by atoms with Crippen LogP contribution >= 0.6 is 15.9 Å². The highest BCUT2D eigenvalue weighted by molar-refractivity contribution is 9.09. The molecular weight excluding hydrogens is 292 g/mol. The van der Waals surface area contributed by atoms with E-state index in [1.807, 2.05) is 0 Å². The van der Waals surface area contributed by atoms with Crippen LogP contribution < -0.4 is 4.74 Å². The third-order valence-corrected chi connectivity index (χ3v) is 4.07. The molecule has 2 nitrogen and oxygen atoms in total. The summed E-state index contributed by atoms with van der Waals surface area (Å²) in [5.74, 6) is 0.960. The minimum Gasteiger partial charge on any atom is -0.488 e. The van der Waals surface area contributed by atoms with Crippen LogP contribution in [-0.2, 0) is 4.74 Å². The number of rotatable bonds is 5. The van der Waals surface area contributed by atoms with E-state index >= 15 is 0 Å². The van der Waals surface area contributed by atoms with Gasteiger partial charge < -0.3 is 9.47 Å². The van der Waals surface area contributed by atoms with Gasteiger partial charge in [0, 0.05) is 17.9 Å². The lowest BCUT2D eigenvalue weighted by Crippen LogP contribution is -2.52. The molecule has 1 aromatic carbocycles. The number of alkyl halides is 1. The first-order valence-electron chi connectivity index (χ1n) is 6.60. The van der Waals surface area contributed by atoms with Gasteiger partial charge in [0.05, 0.1) is 0 Å². The van der Waals surface area contributed by atoms with Gasteiger partial charge >= 0.3 is 0 Å². The Morgan fingerprint density at radius 1 is 1.22 bits per heavy atom. The molecule has 2 rings (SSSR count). The molecule has 0 heterocycles. The van der Waals surface area contributed by atoms with Crippen molar-refractivity contribution in [1.29, 1.82) is 0 Å². The maximum Gasteiger partial charge on any atom is 0.127 e. The molecule has 0 saturated heterocycles. The minimum atomic E-state index is 0.183. The predicted octanol–water partition coefficient (Wildman–Crippen LogP) is 4.01. The quantitative estimate of drug-likeness (QED) is 0.765. The molecular formula is C15H21BrO2. The smallest absolute Gasteiger partial charge is 0.127 e. The average Bonchev–Trinajstić information content (AvgIpc) is 2.27. The number of aryl methyl sites for hydroxylation is 2. The molecule has 1 aliphatic rings. The second kappa shape index (κ2) is 6.07. The maximum absolute atomic E-state index is 6.04. The molecule has 0 amide bonds. The second-order valence-corrected chi connectivity index (χ2v) is 6.24. The van der Waals surface area contributed by atoms with Crippen LogP contribution in [0.25, 0.3) is 0 Å². The summed E-state index contributed by atoms with van der Waals surface area (Å²) < 4.78 is 11.8. The molecule has 3 atom stereocenters. The standard InChI is InChI=1S/C15H21BrO2/c1-4-5-17-15-13(16)9-14(15)18-12-7-10(2)6-11(3)8-12/h6-8,13-15H,4-5,9H2,1-3H3. The van der Waals surface area contributed by atoms with E-state index < -0.39 is 0 Å². The molecule has 0 aliphatic heterocycles. The average molecular weight is 313 g/mol. The number of halogens is 1. The summed E-state index contributed by atoms with van der Waals surface area (Å²) in [6, 6.07) is 6.34. The minimum absolute atomic E-state index is 0.183. The van der Waals surface area contributed by atoms with Crippen molar-refractivity contribution < 1.29 is 9.47 Å². The molecule has 1 aliphatic carbocycles.